The van der Waals surface area contributed by atoms with E-state index in [0.29, 0.717) is 12.6 Å². The molecule has 4 N–H and O–H groups in total. The van der Waals surface area contributed by atoms with E-state index in [9.17, 15) is 19.3 Å². The lowest BCUT2D eigenvalue weighted by Gasteiger charge is -2.12. The fourth-order valence-electron chi connectivity index (χ4n) is 1.98. The van der Waals surface area contributed by atoms with Crippen molar-refractivity contribution < 1.29 is 14.1 Å². The van der Waals surface area contributed by atoms with Crippen LogP contribution in [0.15, 0.2) is 12.1 Å². The molecule has 1 amide bonds. The maximum Gasteiger partial charge on any atom is 0.295 e. The second-order valence-electron chi connectivity index (χ2n) is 4.31. The molecule has 1 fully saturated rings. The number of amides is 1. The number of nitrogen functional groups attached to an aromatic ring is 1. The summed E-state index contributed by atoms with van der Waals surface area (Å²) in [6, 6.07) is 1.53. The molecule has 1 aromatic rings. The van der Waals surface area contributed by atoms with Crippen molar-refractivity contribution in [3.8, 4) is 0 Å². The van der Waals surface area contributed by atoms with Crippen molar-refractivity contribution in [1.82, 2.24) is 10.6 Å². The third-order valence-electron chi connectivity index (χ3n) is 2.96. The van der Waals surface area contributed by atoms with Crippen molar-refractivity contribution in [3.05, 3.63) is 33.6 Å². The van der Waals surface area contributed by atoms with Crippen LogP contribution in [0.5, 0.6) is 0 Å². The summed E-state index contributed by atoms with van der Waals surface area (Å²) >= 11 is 0. The molecule has 0 saturated carbocycles. The van der Waals surface area contributed by atoms with E-state index in [-0.39, 0.29) is 29.7 Å². The largest absolute Gasteiger partial charge is 0.393 e. The van der Waals surface area contributed by atoms with Crippen LogP contribution in [0.25, 0.3) is 0 Å². The van der Waals surface area contributed by atoms with Crippen molar-refractivity contribution in [1.29, 1.82) is 0 Å². The summed E-state index contributed by atoms with van der Waals surface area (Å²) in [5, 5.41) is 16.4. The summed E-state index contributed by atoms with van der Waals surface area (Å²) in [6.07, 6.45) is 0.753. The van der Waals surface area contributed by atoms with E-state index in [1.165, 1.54) is 0 Å². The molecule has 110 valence electrons. The molecule has 7 nitrogen and oxygen atoms in total. The summed E-state index contributed by atoms with van der Waals surface area (Å²) in [5.74, 6) is -1.47. The summed E-state index contributed by atoms with van der Waals surface area (Å²) in [5.41, 5.74) is 4.41. The molecule has 0 aromatic heterocycles. The van der Waals surface area contributed by atoms with Crippen LogP contribution in [0.1, 0.15) is 16.8 Å². The predicted octanol–water partition coefficient (Wildman–Crippen LogP) is 0.830. The summed E-state index contributed by atoms with van der Waals surface area (Å²) in [7, 11) is 0. The first-order valence-electron chi connectivity index (χ1n) is 5.74. The number of carbonyl (C=O) groups is 1. The molecule has 2 rings (SSSR count). The van der Waals surface area contributed by atoms with Gasteiger partial charge in [-0.1, -0.05) is 0 Å². The van der Waals surface area contributed by atoms with Gasteiger partial charge in [-0.2, -0.15) is 0 Å². The molecule has 1 aliphatic heterocycles. The van der Waals surface area contributed by atoms with Crippen LogP contribution < -0.4 is 16.4 Å². The molecule has 0 aliphatic carbocycles. The molecule has 1 heterocycles. The normalized spacial score (nSPS) is 17.4. The van der Waals surface area contributed by atoms with Crippen LogP contribution in [0.3, 0.4) is 0 Å². The van der Waals surface area contributed by atoms with Crippen molar-refractivity contribution in [3.63, 3.8) is 0 Å². The zero-order chi connectivity index (χ0) is 14.0. The smallest absolute Gasteiger partial charge is 0.295 e. The van der Waals surface area contributed by atoms with Gasteiger partial charge < -0.3 is 16.4 Å². The van der Waals surface area contributed by atoms with Gasteiger partial charge in [0.15, 0.2) is 0 Å². The minimum Gasteiger partial charge on any atom is -0.393 e. The van der Waals surface area contributed by atoms with E-state index in [4.69, 9.17) is 5.73 Å². The van der Waals surface area contributed by atoms with Gasteiger partial charge in [0.25, 0.3) is 11.6 Å². The average molecular weight is 305 g/mol. The third kappa shape index (κ3) is 3.34. The standard InChI is InChI=1S/C11H13FN4O3.ClH/c12-6-3-8(10(13)9(4-6)16(18)19)11(17)15-7-1-2-14-5-7;/h3-4,7,14H,1-2,5,13H2,(H,15,17);1H. The molecule has 0 radical (unpaired) electrons. The quantitative estimate of drug-likeness (QED) is 0.435. The lowest BCUT2D eigenvalue weighted by atomic mass is 10.1. The molecule has 1 aromatic carbocycles. The Morgan fingerprint density at radius 1 is 1.55 bits per heavy atom. The fraction of sp³-hybridized carbons (Fsp3) is 0.364. The number of nitrogens with one attached hydrogen (secondary N) is 2. The number of anilines is 1. The Hall–Kier alpha value is -1.93. The second-order valence-corrected chi connectivity index (χ2v) is 4.31. The summed E-state index contributed by atoms with van der Waals surface area (Å²) < 4.78 is 13.3. The van der Waals surface area contributed by atoms with Gasteiger partial charge >= 0.3 is 0 Å². The molecule has 1 aliphatic rings. The number of halogens is 2. The van der Waals surface area contributed by atoms with E-state index in [2.05, 4.69) is 10.6 Å². The number of carbonyl (C=O) groups excluding carboxylic acids is 1. The topological polar surface area (TPSA) is 110 Å². The summed E-state index contributed by atoms with van der Waals surface area (Å²) in [6.45, 7) is 1.40. The Kier molecular flexibility index (Phi) is 5.23. The highest BCUT2D eigenvalue weighted by molar-refractivity contribution is 6.01. The van der Waals surface area contributed by atoms with Gasteiger partial charge in [-0.05, 0) is 19.0 Å². The van der Waals surface area contributed by atoms with Gasteiger partial charge in [0.05, 0.1) is 16.6 Å². The Bertz CT molecular complexity index is 535. The molecule has 9 heteroatoms. The molecular weight excluding hydrogens is 291 g/mol. The van der Waals surface area contributed by atoms with E-state index in [0.717, 1.165) is 19.0 Å². The van der Waals surface area contributed by atoms with Gasteiger partial charge in [0.1, 0.15) is 11.5 Å². The highest BCUT2D eigenvalue weighted by Gasteiger charge is 2.24. The number of nitrogens with two attached hydrogens (primary N) is 1. The molecule has 1 atom stereocenters. The van der Waals surface area contributed by atoms with Crippen molar-refractivity contribution in [2.75, 3.05) is 18.8 Å². The first-order valence-corrected chi connectivity index (χ1v) is 5.74. The van der Waals surface area contributed by atoms with Gasteiger partial charge in [0, 0.05) is 12.6 Å². The van der Waals surface area contributed by atoms with Crippen LogP contribution >= 0.6 is 12.4 Å². The zero-order valence-corrected chi connectivity index (χ0v) is 11.2. The van der Waals surface area contributed by atoms with Gasteiger partial charge in [-0.25, -0.2) is 4.39 Å². The van der Waals surface area contributed by atoms with E-state index in [1.54, 1.807) is 0 Å². The molecular formula is C11H14ClFN4O3. The number of nitro groups is 1. The maximum atomic E-state index is 13.3. The number of rotatable bonds is 3. The number of nitro benzene ring substituents is 1. The van der Waals surface area contributed by atoms with Crippen LogP contribution in [-0.4, -0.2) is 30.0 Å². The minimum absolute atomic E-state index is 0. The highest BCUT2D eigenvalue weighted by atomic mass is 35.5. The molecule has 0 spiro atoms. The molecule has 1 saturated heterocycles. The molecule has 1 unspecified atom stereocenters. The second kappa shape index (κ2) is 6.49. The first kappa shape index (κ1) is 16.1. The van der Waals surface area contributed by atoms with Crippen LogP contribution in [-0.2, 0) is 0 Å². The Morgan fingerprint density at radius 3 is 2.80 bits per heavy atom. The first-order chi connectivity index (χ1) is 8.99. The van der Waals surface area contributed by atoms with Crippen molar-refractivity contribution in [2.45, 2.75) is 12.5 Å². The lowest BCUT2D eigenvalue weighted by Crippen LogP contribution is -2.36. The fourth-order valence-corrected chi connectivity index (χ4v) is 1.98. The lowest BCUT2D eigenvalue weighted by molar-refractivity contribution is -0.384. The highest BCUT2D eigenvalue weighted by Crippen LogP contribution is 2.26. The van der Waals surface area contributed by atoms with Crippen LogP contribution in [0.4, 0.5) is 15.8 Å². The minimum atomic E-state index is -0.865. The maximum absolute atomic E-state index is 13.3. The van der Waals surface area contributed by atoms with E-state index >= 15 is 0 Å². The Labute approximate surface area is 120 Å². The van der Waals surface area contributed by atoms with E-state index in [1.807, 2.05) is 0 Å². The third-order valence-corrected chi connectivity index (χ3v) is 2.96. The monoisotopic (exact) mass is 304 g/mol. The van der Waals surface area contributed by atoms with Gasteiger partial charge in [0.2, 0.25) is 0 Å². The molecule has 20 heavy (non-hydrogen) atoms. The Balaban J connectivity index is 0.00000200. The van der Waals surface area contributed by atoms with E-state index < -0.39 is 22.3 Å². The zero-order valence-electron chi connectivity index (χ0n) is 10.4. The van der Waals surface area contributed by atoms with Crippen LogP contribution in [0, 0.1) is 15.9 Å². The number of nitrogens with zero attached hydrogens (tertiary/aromatic N) is 1. The van der Waals surface area contributed by atoms with Crippen molar-refractivity contribution in [2.24, 2.45) is 0 Å². The predicted molar refractivity (Wildman–Crippen MR) is 73.5 cm³/mol. The number of hydrogen-bond donors (Lipinski definition) is 3. The Morgan fingerprint density at radius 2 is 2.25 bits per heavy atom. The summed E-state index contributed by atoms with van der Waals surface area (Å²) in [4.78, 5) is 21.8. The number of benzene rings is 1. The SMILES string of the molecule is Cl.Nc1c(C(=O)NC2CCNC2)cc(F)cc1[N+](=O)[O-]. The molecule has 0 bridgehead atoms. The average Bonchev–Trinajstić information content (AvgIpc) is 2.84. The van der Waals surface area contributed by atoms with Crippen LogP contribution in [0.2, 0.25) is 0 Å². The van der Waals surface area contributed by atoms with Gasteiger partial charge in [-0.3, -0.25) is 14.9 Å². The van der Waals surface area contributed by atoms with Gasteiger partial charge in [-0.15, -0.1) is 12.4 Å². The number of hydrogen-bond acceptors (Lipinski definition) is 5. The van der Waals surface area contributed by atoms with Crippen molar-refractivity contribution >= 4 is 29.7 Å².